The number of ketones is 1. The van der Waals surface area contributed by atoms with Gasteiger partial charge in [0.05, 0.1) is 6.61 Å². The Kier molecular flexibility index (Phi) is 4.22. The van der Waals surface area contributed by atoms with Crippen LogP contribution in [0, 0.1) is 0 Å². The van der Waals surface area contributed by atoms with Crippen molar-refractivity contribution in [2.75, 3.05) is 6.61 Å². The molecule has 0 saturated heterocycles. The summed E-state index contributed by atoms with van der Waals surface area (Å²) in [4.78, 5) is 22.8. The Hall–Kier alpha value is -1.43. The van der Waals surface area contributed by atoms with Gasteiger partial charge in [-0.15, -0.1) is 0 Å². The van der Waals surface area contributed by atoms with Crippen molar-refractivity contribution >= 4 is 23.4 Å². The lowest BCUT2D eigenvalue weighted by Gasteiger charge is -2.17. The summed E-state index contributed by atoms with van der Waals surface area (Å²) >= 11 is 5.61. The molecule has 0 fully saturated rings. The van der Waals surface area contributed by atoms with E-state index in [1.54, 1.807) is 0 Å². The predicted molar refractivity (Wildman–Crippen MR) is 59.6 cm³/mol. The van der Waals surface area contributed by atoms with Gasteiger partial charge in [-0.1, -0.05) is 11.6 Å². The van der Waals surface area contributed by atoms with E-state index in [4.69, 9.17) is 11.6 Å². The first-order valence-electron chi connectivity index (χ1n) is 4.82. The van der Waals surface area contributed by atoms with E-state index in [-0.39, 0.29) is 12.2 Å². The third kappa shape index (κ3) is 3.03. The van der Waals surface area contributed by atoms with Gasteiger partial charge in [0.1, 0.15) is 0 Å². The van der Waals surface area contributed by atoms with Gasteiger partial charge in [-0.05, 0) is 31.2 Å². The fourth-order valence-corrected chi connectivity index (χ4v) is 1.25. The number of Topliss-reactive ketones (excluding diaryl/α,β-unsaturated/α-hetero) is 1. The highest BCUT2D eigenvalue weighted by molar-refractivity contribution is 6.30. The maximum atomic E-state index is 11.7. The molecule has 0 heterocycles. The van der Waals surface area contributed by atoms with E-state index in [1.807, 2.05) is 0 Å². The lowest BCUT2D eigenvalue weighted by Crippen LogP contribution is -2.47. The van der Waals surface area contributed by atoms with Gasteiger partial charge in [0.25, 0.3) is 0 Å². The lowest BCUT2D eigenvalue weighted by atomic mass is 10.0. The molecule has 0 amide bonds. The fourth-order valence-electron chi connectivity index (χ4n) is 1.13. The summed E-state index contributed by atoms with van der Waals surface area (Å²) in [6.45, 7) is 1.43. The molecule has 0 aliphatic rings. The van der Waals surface area contributed by atoms with Crippen LogP contribution < -0.4 is 0 Å². The van der Waals surface area contributed by atoms with E-state index in [9.17, 15) is 19.8 Å². The molecule has 0 bridgehead atoms. The van der Waals surface area contributed by atoms with E-state index in [2.05, 4.69) is 4.74 Å². The number of aliphatic hydroxyl groups is 2. The van der Waals surface area contributed by atoms with Gasteiger partial charge in [0.2, 0.25) is 5.78 Å². The zero-order valence-corrected chi connectivity index (χ0v) is 9.77. The highest BCUT2D eigenvalue weighted by atomic mass is 35.5. The molecule has 2 N–H and O–H groups in total. The van der Waals surface area contributed by atoms with Gasteiger partial charge in [-0.3, -0.25) is 4.79 Å². The van der Waals surface area contributed by atoms with Crippen LogP contribution in [-0.2, 0) is 9.53 Å². The minimum atomic E-state index is -3.18. The first-order chi connectivity index (χ1) is 7.89. The molecule has 5 nitrogen and oxygen atoms in total. The normalized spacial score (nSPS) is 11.1. The Morgan fingerprint density at radius 2 is 1.82 bits per heavy atom. The van der Waals surface area contributed by atoms with Gasteiger partial charge in [0, 0.05) is 10.6 Å². The van der Waals surface area contributed by atoms with Gasteiger partial charge in [0.15, 0.2) is 0 Å². The van der Waals surface area contributed by atoms with Gasteiger partial charge < -0.3 is 14.9 Å². The summed E-state index contributed by atoms with van der Waals surface area (Å²) < 4.78 is 4.39. The molecule has 0 spiro atoms. The second kappa shape index (κ2) is 5.27. The molecule has 0 aliphatic heterocycles. The molecule has 0 radical (unpaired) electrons. The van der Waals surface area contributed by atoms with Crippen molar-refractivity contribution in [3.05, 3.63) is 34.9 Å². The molecular weight excluding hydrogens is 248 g/mol. The average Bonchev–Trinajstić information content (AvgIpc) is 2.29. The first-order valence-corrected chi connectivity index (χ1v) is 5.19. The number of hydrogen-bond donors (Lipinski definition) is 2. The topological polar surface area (TPSA) is 83.8 Å². The Morgan fingerprint density at radius 3 is 2.29 bits per heavy atom. The number of esters is 1. The highest BCUT2D eigenvalue weighted by Crippen LogP contribution is 2.16. The van der Waals surface area contributed by atoms with Crippen LogP contribution in [0.25, 0.3) is 0 Å². The third-order valence-corrected chi connectivity index (χ3v) is 2.24. The Balaban J connectivity index is 2.95. The van der Waals surface area contributed by atoms with E-state index in [0.717, 1.165) is 0 Å². The Labute approximate surface area is 103 Å². The Bertz CT molecular complexity index is 424. The smallest absolute Gasteiger partial charge is 0.375 e. The van der Waals surface area contributed by atoms with E-state index >= 15 is 0 Å². The zero-order chi connectivity index (χ0) is 13.1. The van der Waals surface area contributed by atoms with Crippen LogP contribution in [0.1, 0.15) is 17.3 Å². The second-order valence-corrected chi connectivity index (χ2v) is 3.67. The van der Waals surface area contributed by atoms with Crippen molar-refractivity contribution < 1.29 is 24.5 Å². The highest BCUT2D eigenvalue weighted by Gasteiger charge is 2.44. The van der Waals surface area contributed by atoms with Crippen molar-refractivity contribution in [3.8, 4) is 0 Å². The maximum Gasteiger partial charge on any atom is 0.375 e. The van der Waals surface area contributed by atoms with E-state index in [1.165, 1.54) is 31.2 Å². The summed E-state index contributed by atoms with van der Waals surface area (Å²) in [6.07, 6.45) is 0. The summed E-state index contributed by atoms with van der Waals surface area (Å²) in [5, 5.41) is 19.2. The molecule has 1 rings (SSSR count). The summed E-state index contributed by atoms with van der Waals surface area (Å²) in [6, 6.07) is 5.36. The standard InChI is InChI=1S/C11H11ClO5/c1-2-17-10(14)11(15,16)9(13)7-3-5-8(12)6-4-7/h3-6,15-16H,2H2,1H3. The number of carbonyl (C=O) groups excluding carboxylic acids is 2. The second-order valence-electron chi connectivity index (χ2n) is 3.23. The van der Waals surface area contributed by atoms with Crippen molar-refractivity contribution in [2.45, 2.75) is 12.7 Å². The number of ether oxygens (including phenoxy) is 1. The lowest BCUT2D eigenvalue weighted by molar-refractivity contribution is -0.191. The minimum Gasteiger partial charge on any atom is -0.462 e. The summed E-state index contributed by atoms with van der Waals surface area (Å²) in [5.74, 6) is -5.74. The van der Waals surface area contributed by atoms with Gasteiger partial charge in [-0.2, -0.15) is 0 Å². The van der Waals surface area contributed by atoms with Crippen molar-refractivity contribution in [2.24, 2.45) is 0 Å². The molecule has 0 saturated carbocycles. The monoisotopic (exact) mass is 258 g/mol. The molecule has 0 aromatic heterocycles. The number of carbonyl (C=O) groups is 2. The van der Waals surface area contributed by atoms with Crippen LogP contribution in [0.2, 0.25) is 5.02 Å². The first kappa shape index (κ1) is 13.6. The summed E-state index contributed by atoms with van der Waals surface area (Å²) in [5.41, 5.74) is -0.0487. The van der Waals surface area contributed by atoms with E-state index < -0.39 is 17.5 Å². The van der Waals surface area contributed by atoms with Crippen molar-refractivity contribution in [3.63, 3.8) is 0 Å². The number of benzene rings is 1. The molecule has 0 atom stereocenters. The number of halogens is 1. The Morgan fingerprint density at radius 1 is 1.29 bits per heavy atom. The van der Waals surface area contributed by atoms with Crippen LogP contribution in [0.3, 0.4) is 0 Å². The van der Waals surface area contributed by atoms with Gasteiger partial charge >= 0.3 is 11.8 Å². The molecule has 6 heteroatoms. The molecule has 0 aliphatic carbocycles. The van der Waals surface area contributed by atoms with Crippen LogP contribution in [0.15, 0.2) is 24.3 Å². The molecule has 1 aromatic carbocycles. The fraction of sp³-hybridized carbons (Fsp3) is 0.273. The third-order valence-electron chi connectivity index (χ3n) is 1.98. The maximum absolute atomic E-state index is 11.7. The molecule has 92 valence electrons. The number of hydrogen-bond acceptors (Lipinski definition) is 5. The molecule has 0 unspecified atom stereocenters. The van der Waals surface area contributed by atoms with Crippen LogP contribution in [-0.4, -0.2) is 34.4 Å². The number of rotatable bonds is 4. The van der Waals surface area contributed by atoms with Crippen LogP contribution in [0.4, 0.5) is 0 Å². The quantitative estimate of drug-likeness (QED) is 0.361. The van der Waals surface area contributed by atoms with Gasteiger partial charge in [-0.25, -0.2) is 4.79 Å². The molecular formula is C11H11ClO5. The average molecular weight is 259 g/mol. The SMILES string of the molecule is CCOC(=O)C(O)(O)C(=O)c1ccc(Cl)cc1. The van der Waals surface area contributed by atoms with Crippen LogP contribution in [0.5, 0.6) is 0 Å². The van der Waals surface area contributed by atoms with E-state index in [0.29, 0.717) is 5.02 Å². The van der Waals surface area contributed by atoms with Crippen molar-refractivity contribution in [1.29, 1.82) is 0 Å². The molecule has 1 aromatic rings. The summed E-state index contributed by atoms with van der Waals surface area (Å²) in [7, 11) is 0. The largest absolute Gasteiger partial charge is 0.462 e. The molecule has 17 heavy (non-hydrogen) atoms. The predicted octanol–water partition coefficient (Wildman–Crippen LogP) is 0.767. The zero-order valence-electron chi connectivity index (χ0n) is 9.01. The van der Waals surface area contributed by atoms with Crippen LogP contribution >= 0.6 is 11.6 Å². The van der Waals surface area contributed by atoms with Crippen molar-refractivity contribution in [1.82, 2.24) is 0 Å². The minimum absolute atomic E-state index is 0.0487.